The zero-order chi connectivity index (χ0) is 18.7. The minimum absolute atomic E-state index is 0.277. The zero-order valence-corrected chi connectivity index (χ0v) is 14.5. The maximum atomic E-state index is 13.0. The molecule has 2 aromatic rings. The van der Waals surface area contributed by atoms with Gasteiger partial charge in [0.2, 0.25) is 0 Å². The normalized spacial score (nSPS) is 19.2. The van der Waals surface area contributed by atoms with Crippen molar-refractivity contribution in [3.8, 4) is 5.75 Å². The Labute approximate surface area is 150 Å². The lowest BCUT2D eigenvalue weighted by molar-refractivity contribution is -0.133. The van der Waals surface area contributed by atoms with Crippen LogP contribution in [-0.4, -0.2) is 30.0 Å². The molecule has 0 spiro atoms. The van der Waals surface area contributed by atoms with Gasteiger partial charge in [0.05, 0.1) is 7.11 Å². The summed E-state index contributed by atoms with van der Waals surface area (Å²) < 4.78 is 5.09. The van der Waals surface area contributed by atoms with Crippen LogP contribution in [0.2, 0.25) is 0 Å². The van der Waals surface area contributed by atoms with E-state index in [0.29, 0.717) is 17.7 Å². The van der Waals surface area contributed by atoms with Crippen molar-refractivity contribution in [2.24, 2.45) is 0 Å². The molecule has 0 radical (unpaired) electrons. The van der Waals surface area contributed by atoms with Crippen molar-refractivity contribution < 1.29 is 19.1 Å². The quantitative estimate of drug-likeness (QED) is 0.807. The molecule has 7 nitrogen and oxygen atoms in total. The highest BCUT2D eigenvalue weighted by Crippen LogP contribution is 2.31. The molecule has 0 bridgehead atoms. The van der Waals surface area contributed by atoms with Gasteiger partial charge in [-0.1, -0.05) is 43.3 Å². The Bertz CT molecular complexity index is 853. The van der Waals surface area contributed by atoms with Gasteiger partial charge in [0.1, 0.15) is 11.3 Å². The topological polar surface area (TPSA) is 87.7 Å². The molecule has 0 saturated carbocycles. The molecular formula is C19H19N3O4. The molecule has 2 N–H and O–H groups in total. The minimum atomic E-state index is -1.19. The minimum Gasteiger partial charge on any atom is -0.497 e. The number of hydrogen-bond donors (Lipinski definition) is 2. The molecule has 3 rings (SSSR count). The van der Waals surface area contributed by atoms with Gasteiger partial charge in [0, 0.05) is 5.56 Å². The first kappa shape index (κ1) is 17.5. The number of carbonyl (C=O) groups excluding carboxylic acids is 3. The fourth-order valence-corrected chi connectivity index (χ4v) is 2.97. The number of hydrazine groups is 1. The summed E-state index contributed by atoms with van der Waals surface area (Å²) in [4.78, 5) is 37.8. The number of nitrogens with one attached hydrogen (secondary N) is 2. The molecule has 0 aliphatic carbocycles. The van der Waals surface area contributed by atoms with Crippen molar-refractivity contribution in [3.05, 3.63) is 65.7 Å². The van der Waals surface area contributed by atoms with Crippen molar-refractivity contribution in [2.75, 3.05) is 7.11 Å². The maximum absolute atomic E-state index is 13.0. The number of nitrogens with zero attached hydrogens (tertiary/aromatic N) is 1. The van der Waals surface area contributed by atoms with Crippen molar-refractivity contribution >= 4 is 17.8 Å². The molecule has 7 heteroatoms. The molecule has 1 aliphatic heterocycles. The van der Waals surface area contributed by atoms with Crippen LogP contribution in [-0.2, 0) is 10.3 Å². The van der Waals surface area contributed by atoms with E-state index in [1.807, 2.05) is 6.07 Å². The summed E-state index contributed by atoms with van der Waals surface area (Å²) >= 11 is 0. The number of methoxy groups -OCH3 is 1. The van der Waals surface area contributed by atoms with Gasteiger partial charge in [0.15, 0.2) is 0 Å². The van der Waals surface area contributed by atoms with Crippen LogP contribution in [0.5, 0.6) is 5.75 Å². The first-order valence-electron chi connectivity index (χ1n) is 8.19. The first-order valence-corrected chi connectivity index (χ1v) is 8.19. The van der Waals surface area contributed by atoms with Crippen LogP contribution in [0.3, 0.4) is 0 Å². The monoisotopic (exact) mass is 353 g/mol. The van der Waals surface area contributed by atoms with E-state index in [4.69, 9.17) is 4.74 Å². The van der Waals surface area contributed by atoms with Crippen LogP contribution in [0.15, 0.2) is 54.6 Å². The van der Waals surface area contributed by atoms with Crippen molar-refractivity contribution in [3.63, 3.8) is 0 Å². The summed E-state index contributed by atoms with van der Waals surface area (Å²) in [7, 11) is 1.49. The third-order valence-electron chi connectivity index (χ3n) is 4.43. The number of amides is 4. The van der Waals surface area contributed by atoms with Crippen LogP contribution in [0.25, 0.3) is 0 Å². The van der Waals surface area contributed by atoms with Crippen LogP contribution in [0.4, 0.5) is 4.79 Å². The predicted molar refractivity (Wildman–Crippen MR) is 94.2 cm³/mol. The standard InChI is InChI=1S/C19H19N3O4/c1-3-19(14-9-5-4-6-10-14)17(24)22(18(25)20-19)21-16(23)13-8-7-11-15(12-13)26-2/h4-12H,3H2,1-2H3,(H,20,25)(H,21,23)/t19-/m1/s1. The second-order valence-corrected chi connectivity index (χ2v) is 5.87. The SMILES string of the molecule is CC[C@]1(c2ccccc2)NC(=O)N(NC(=O)c2cccc(OC)c2)C1=O. The lowest BCUT2D eigenvalue weighted by atomic mass is 9.87. The Hall–Kier alpha value is -3.35. The summed E-state index contributed by atoms with van der Waals surface area (Å²) in [5, 5.41) is 3.45. The fraction of sp³-hybridized carbons (Fsp3) is 0.211. The summed E-state index contributed by atoms with van der Waals surface area (Å²) in [5.74, 6) is -0.596. The van der Waals surface area contributed by atoms with Crippen LogP contribution in [0, 0.1) is 0 Å². The second-order valence-electron chi connectivity index (χ2n) is 5.87. The Morgan fingerprint density at radius 2 is 1.88 bits per heavy atom. The molecule has 26 heavy (non-hydrogen) atoms. The predicted octanol–water partition coefficient (Wildman–Crippen LogP) is 2.20. The summed E-state index contributed by atoms with van der Waals surface area (Å²) in [6, 6.07) is 14.7. The molecule has 1 atom stereocenters. The molecule has 2 aromatic carbocycles. The smallest absolute Gasteiger partial charge is 0.344 e. The van der Waals surface area contributed by atoms with Crippen LogP contribution >= 0.6 is 0 Å². The van der Waals surface area contributed by atoms with Gasteiger partial charge in [-0.15, -0.1) is 0 Å². The van der Waals surface area contributed by atoms with Gasteiger partial charge < -0.3 is 10.1 Å². The van der Waals surface area contributed by atoms with Crippen molar-refractivity contribution in [1.29, 1.82) is 0 Å². The molecule has 1 heterocycles. The average Bonchev–Trinajstić information content (AvgIpc) is 2.93. The lowest BCUT2D eigenvalue weighted by Crippen LogP contribution is -2.48. The van der Waals surface area contributed by atoms with Gasteiger partial charge in [-0.3, -0.25) is 15.0 Å². The van der Waals surface area contributed by atoms with Gasteiger partial charge >= 0.3 is 6.03 Å². The highest BCUT2D eigenvalue weighted by Gasteiger charge is 2.52. The second kappa shape index (κ2) is 6.87. The molecule has 1 fully saturated rings. The van der Waals surface area contributed by atoms with E-state index in [-0.39, 0.29) is 5.56 Å². The highest BCUT2D eigenvalue weighted by atomic mass is 16.5. The molecule has 4 amide bonds. The van der Waals surface area contributed by atoms with E-state index in [2.05, 4.69) is 10.7 Å². The Morgan fingerprint density at radius 1 is 1.15 bits per heavy atom. The zero-order valence-electron chi connectivity index (χ0n) is 14.5. The molecule has 134 valence electrons. The van der Waals surface area contributed by atoms with E-state index in [9.17, 15) is 14.4 Å². The third-order valence-corrected chi connectivity index (χ3v) is 4.43. The number of ether oxygens (including phenoxy) is 1. The van der Waals surface area contributed by atoms with Crippen molar-refractivity contribution in [1.82, 2.24) is 15.8 Å². The summed E-state index contributed by atoms with van der Waals surface area (Å²) in [6.07, 6.45) is 0.354. The Morgan fingerprint density at radius 3 is 2.54 bits per heavy atom. The molecule has 1 aliphatic rings. The van der Waals surface area contributed by atoms with E-state index < -0.39 is 23.4 Å². The van der Waals surface area contributed by atoms with Gasteiger partial charge in [-0.2, -0.15) is 5.01 Å². The van der Waals surface area contributed by atoms with Crippen LogP contribution in [0.1, 0.15) is 29.3 Å². The first-order chi connectivity index (χ1) is 12.5. The van der Waals surface area contributed by atoms with E-state index in [1.165, 1.54) is 13.2 Å². The fourth-order valence-electron chi connectivity index (χ4n) is 2.97. The number of urea groups is 1. The average molecular weight is 353 g/mol. The summed E-state index contributed by atoms with van der Waals surface area (Å²) in [6.45, 7) is 1.80. The third kappa shape index (κ3) is 2.88. The van der Waals surface area contributed by atoms with Crippen LogP contribution < -0.4 is 15.5 Å². The molecule has 0 unspecified atom stereocenters. The number of hydrogen-bond acceptors (Lipinski definition) is 4. The lowest BCUT2D eigenvalue weighted by Gasteiger charge is -2.25. The Balaban J connectivity index is 1.86. The molecule has 1 saturated heterocycles. The van der Waals surface area contributed by atoms with Gasteiger partial charge in [-0.25, -0.2) is 4.79 Å². The Kier molecular flexibility index (Phi) is 4.62. The molecular weight excluding hydrogens is 334 g/mol. The van der Waals surface area contributed by atoms with Gasteiger partial charge in [-0.05, 0) is 30.2 Å². The molecule has 0 aromatic heterocycles. The number of rotatable bonds is 5. The van der Waals surface area contributed by atoms with E-state index in [1.54, 1.807) is 49.4 Å². The highest BCUT2D eigenvalue weighted by molar-refractivity contribution is 6.09. The maximum Gasteiger partial charge on any atom is 0.344 e. The largest absolute Gasteiger partial charge is 0.497 e. The number of carbonyl (C=O) groups is 3. The number of benzene rings is 2. The van der Waals surface area contributed by atoms with Crippen molar-refractivity contribution in [2.45, 2.75) is 18.9 Å². The summed E-state index contributed by atoms with van der Waals surface area (Å²) in [5.41, 5.74) is 2.13. The number of imide groups is 1. The van der Waals surface area contributed by atoms with E-state index in [0.717, 1.165) is 5.01 Å². The van der Waals surface area contributed by atoms with E-state index >= 15 is 0 Å². The van der Waals surface area contributed by atoms with Gasteiger partial charge in [0.25, 0.3) is 11.8 Å².